The molecule has 6 nitrogen and oxygen atoms in total. The molecule has 1 aromatic carbocycles. The third-order valence-electron chi connectivity index (χ3n) is 4.17. The molecule has 0 amide bonds. The fourth-order valence-corrected chi connectivity index (χ4v) is 3.56. The van der Waals surface area contributed by atoms with E-state index in [1.165, 1.54) is 17.6 Å². The van der Waals surface area contributed by atoms with Crippen LogP contribution < -0.4 is 0 Å². The van der Waals surface area contributed by atoms with Gasteiger partial charge in [-0.3, -0.25) is 9.59 Å². The van der Waals surface area contributed by atoms with Crippen molar-refractivity contribution in [1.29, 1.82) is 5.26 Å². The molecular formula is C20H18N2O4S. The predicted molar refractivity (Wildman–Crippen MR) is 100 cm³/mol. The Balaban J connectivity index is 1.61. The standard InChI is InChI=1S/C20H18N2O4S/c1-3-13-4-5-15-14(9-25-18(15)6-13)7-19(24)26-10-17(23)16(8-21)20-22-12(2)11-27-20/h4-6,9,11,16H,3,7,10H2,1-2H3/t16-/m1/s1. The van der Waals surface area contributed by atoms with Crippen LogP contribution in [0.4, 0.5) is 0 Å². The van der Waals surface area contributed by atoms with Gasteiger partial charge < -0.3 is 9.15 Å². The second kappa shape index (κ2) is 8.14. The maximum Gasteiger partial charge on any atom is 0.310 e. The van der Waals surface area contributed by atoms with Crippen LogP contribution in [0.15, 0.2) is 34.3 Å². The van der Waals surface area contributed by atoms with Gasteiger partial charge in [-0.05, 0) is 25.0 Å². The van der Waals surface area contributed by atoms with Crippen molar-refractivity contribution < 1.29 is 18.7 Å². The maximum absolute atomic E-state index is 12.2. The molecule has 138 valence electrons. The van der Waals surface area contributed by atoms with Gasteiger partial charge in [-0.1, -0.05) is 19.1 Å². The van der Waals surface area contributed by atoms with Gasteiger partial charge in [0.1, 0.15) is 10.6 Å². The van der Waals surface area contributed by atoms with Crippen LogP contribution in [0, 0.1) is 18.3 Å². The first-order valence-corrected chi connectivity index (χ1v) is 9.38. The number of fused-ring (bicyclic) bond motifs is 1. The van der Waals surface area contributed by atoms with Crippen LogP contribution in [0.2, 0.25) is 0 Å². The van der Waals surface area contributed by atoms with Gasteiger partial charge in [0.05, 0.1) is 18.8 Å². The number of furan rings is 1. The van der Waals surface area contributed by atoms with E-state index < -0.39 is 24.3 Å². The molecule has 2 aromatic heterocycles. The molecule has 2 heterocycles. The average Bonchev–Trinajstić information content (AvgIpc) is 3.26. The Hall–Kier alpha value is -2.98. The van der Waals surface area contributed by atoms with E-state index >= 15 is 0 Å². The minimum absolute atomic E-state index is 0.000663. The summed E-state index contributed by atoms with van der Waals surface area (Å²) in [5.41, 5.74) is 3.32. The molecule has 1 atom stereocenters. The Morgan fingerprint density at radius 1 is 1.41 bits per heavy atom. The van der Waals surface area contributed by atoms with Crippen LogP contribution in [0.25, 0.3) is 11.0 Å². The molecule has 0 aliphatic rings. The monoisotopic (exact) mass is 382 g/mol. The fraction of sp³-hybridized carbons (Fsp3) is 0.300. The van der Waals surface area contributed by atoms with E-state index in [1.54, 1.807) is 12.3 Å². The minimum atomic E-state index is -1.02. The van der Waals surface area contributed by atoms with Gasteiger partial charge in [0, 0.05) is 22.0 Å². The highest BCUT2D eigenvalue weighted by Crippen LogP contribution is 2.24. The number of ether oxygens (including phenoxy) is 1. The Morgan fingerprint density at radius 2 is 2.22 bits per heavy atom. The SMILES string of the molecule is CCc1ccc2c(CC(=O)OCC(=O)[C@@H](C#N)c3nc(C)cs3)coc2c1. The molecule has 0 radical (unpaired) electrons. The normalized spacial score (nSPS) is 11.9. The minimum Gasteiger partial charge on any atom is -0.464 e. The first kappa shape index (κ1) is 18.8. The number of nitriles is 1. The predicted octanol–water partition coefficient (Wildman–Crippen LogP) is 3.72. The van der Waals surface area contributed by atoms with Crippen molar-refractivity contribution in [3.05, 3.63) is 51.7 Å². The third-order valence-corrected chi connectivity index (χ3v) is 5.20. The van der Waals surface area contributed by atoms with Crippen molar-refractivity contribution >= 4 is 34.1 Å². The lowest BCUT2D eigenvalue weighted by molar-refractivity contribution is -0.147. The molecular weight excluding hydrogens is 364 g/mol. The number of benzene rings is 1. The molecule has 0 saturated heterocycles. The summed E-state index contributed by atoms with van der Waals surface area (Å²) < 4.78 is 10.6. The summed E-state index contributed by atoms with van der Waals surface area (Å²) >= 11 is 1.25. The van der Waals surface area contributed by atoms with E-state index in [0.29, 0.717) is 10.6 Å². The number of ketones is 1. The lowest BCUT2D eigenvalue weighted by Gasteiger charge is -2.06. The quantitative estimate of drug-likeness (QED) is 0.578. The molecule has 0 saturated carbocycles. The van der Waals surface area contributed by atoms with Gasteiger partial charge >= 0.3 is 5.97 Å². The molecule has 0 aliphatic heterocycles. The smallest absolute Gasteiger partial charge is 0.310 e. The highest BCUT2D eigenvalue weighted by molar-refractivity contribution is 7.09. The second-order valence-electron chi connectivity index (χ2n) is 6.14. The van der Waals surface area contributed by atoms with E-state index in [2.05, 4.69) is 11.9 Å². The van der Waals surface area contributed by atoms with E-state index in [0.717, 1.165) is 28.6 Å². The molecule has 3 rings (SSSR count). The average molecular weight is 382 g/mol. The highest BCUT2D eigenvalue weighted by Gasteiger charge is 2.24. The summed E-state index contributed by atoms with van der Waals surface area (Å²) in [6.07, 6.45) is 2.43. The van der Waals surface area contributed by atoms with Crippen LogP contribution >= 0.6 is 11.3 Å². The summed E-state index contributed by atoms with van der Waals surface area (Å²) in [5.74, 6) is -2.04. The molecule has 0 N–H and O–H groups in total. The molecule has 3 aromatic rings. The van der Waals surface area contributed by atoms with Crippen molar-refractivity contribution in [1.82, 2.24) is 4.98 Å². The van der Waals surface area contributed by atoms with Crippen molar-refractivity contribution in [2.24, 2.45) is 0 Å². The Labute approximate surface area is 160 Å². The number of rotatable bonds is 7. The first-order chi connectivity index (χ1) is 13.0. The van der Waals surface area contributed by atoms with Gasteiger partial charge in [0.2, 0.25) is 0 Å². The second-order valence-corrected chi connectivity index (χ2v) is 7.03. The van der Waals surface area contributed by atoms with Crippen molar-refractivity contribution in [2.75, 3.05) is 6.61 Å². The zero-order chi connectivity index (χ0) is 19.4. The number of nitrogens with zero attached hydrogens (tertiary/aromatic N) is 2. The van der Waals surface area contributed by atoms with Crippen molar-refractivity contribution in [3.63, 3.8) is 0 Å². The van der Waals surface area contributed by atoms with Crippen LogP contribution in [0.1, 0.15) is 34.7 Å². The van der Waals surface area contributed by atoms with Crippen LogP contribution in [0.5, 0.6) is 0 Å². The number of carbonyl (C=O) groups excluding carboxylic acids is 2. The molecule has 0 fully saturated rings. The van der Waals surface area contributed by atoms with E-state index in [-0.39, 0.29) is 6.42 Å². The topological polar surface area (TPSA) is 93.2 Å². The number of thiazole rings is 1. The van der Waals surface area contributed by atoms with Gasteiger partial charge in [-0.25, -0.2) is 4.98 Å². The summed E-state index contributed by atoms with van der Waals surface area (Å²) in [7, 11) is 0. The third kappa shape index (κ3) is 4.23. The number of hydrogen-bond donors (Lipinski definition) is 0. The largest absolute Gasteiger partial charge is 0.464 e. The molecule has 27 heavy (non-hydrogen) atoms. The van der Waals surface area contributed by atoms with Crippen LogP contribution in [-0.2, 0) is 27.2 Å². The van der Waals surface area contributed by atoms with Gasteiger partial charge in [0.25, 0.3) is 0 Å². The number of Topliss-reactive ketones (excluding diaryl/α,β-unsaturated/α-hetero) is 1. The van der Waals surface area contributed by atoms with Crippen LogP contribution in [0.3, 0.4) is 0 Å². The van der Waals surface area contributed by atoms with E-state index in [1.807, 2.05) is 24.3 Å². The number of hydrogen-bond acceptors (Lipinski definition) is 7. The fourth-order valence-electron chi connectivity index (χ4n) is 2.70. The first-order valence-electron chi connectivity index (χ1n) is 8.50. The lowest BCUT2D eigenvalue weighted by atomic mass is 10.1. The number of carbonyl (C=O) groups is 2. The van der Waals surface area contributed by atoms with Crippen molar-refractivity contribution in [3.8, 4) is 6.07 Å². The highest BCUT2D eigenvalue weighted by atomic mass is 32.1. The zero-order valence-corrected chi connectivity index (χ0v) is 15.8. The number of aryl methyl sites for hydroxylation is 2. The van der Waals surface area contributed by atoms with E-state index in [9.17, 15) is 14.9 Å². The van der Waals surface area contributed by atoms with Crippen molar-refractivity contribution in [2.45, 2.75) is 32.6 Å². The Bertz CT molecular complexity index is 1030. The Kier molecular flexibility index (Phi) is 5.67. The lowest BCUT2D eigenvalue weighted by Crippen LogP contribution is -2.20. The summed E-state index contributed by atoms with van der Waals surface area (Å²) in [5, 5.41) is 12.3. The number of aromatic nitrogens is 1. The summed E-state index contributed by atoms with van der Waals surface area (Å²) in [4.78, 5) is 28.5. The van der Waals surface area contributed by atoms with Crippen LogP contribution in [-0.4, -0.2) is 23.3 Å². The number of esters is 1. The molecule has 0 aliphatic carbocycles. The summed E-state index contributed by atoms with van der Waals surface area (Å²) in [6, 6.07) is 7.78. The maximum atomic E-state index is 12.2. The Morgan fingerprint density at radius 3 is 2.89 bits per heavy atom. The van der Waals surface area contributed by atoms with E-state index in [4.69, 9.17) is 9.15 Å². The summed E-state index contributed by atoms with van der Waals surface area (Å²) in [6.45, 7) is 3.39. The zero-order valence-electron chi connectivity index (χ0n) is 15.0. The van der Waals surface area contributed by atoms with Gasteiger partial charge in [0.15, 0.2) is 18.3 Å². The molecule has 0 spiro atoms. The van der Waals surface area contributed by atoms with Gasteiger partial charge in [-0.15, -0.1) is 11.3 Å². The molecule has 0 unspecified atom stereocenters. The molecule has 0 bridgehead atoms. The van der Waals surface area contributed by atoms with Gasteiger partial charge in [-0.2, -0.15) is 5.26 Å². The molecule has 7 heteroatoms.